The van der Waals surface area contributed by atoms with Gasteiger partial charge < -0.3 is 37.3 Å². The maximum atomic E-state index is 7.26. The molecular weight excluding hydrogens is 1720 g/mol. The molecule has 0 aliphatic carbocycles. The Labute approximate surface area is 801 Å². The minimum Gasteiger partial charge on any atom is -0.454 e. The fourth-order valence-corrected chi connectivity index (χ4v) is 24.7. The Morgan fingerprint density at radius 2 is 0.442 bits per heavy atom. The van der Waals surface area contributed by atoms with Gasteiger partial charge in [-0.1, -0.05) is 315 Å². The molecule has 8 nitrogen and oxygen atoms in total. The highest BCUT2D eigenvalue weighted by molar-refractivity contribution is 7.26. The average molecular weight is 1800 g/mol. The van der Waals surface area contributed by atoms with Crippen molar-refractivity contribution in [2.24, 2.45) is 0 Å². The van der Waals surface area contributed by atoms with Crippen molar-refractivity contribution < 1.29 is 17.7 Å². The van der Waals surface area contributed by atoms with Gasteiger partial charge in [-0.05, 0) is 203 Å². The third-order valence-electron chi connectivity index (χ3n) is 28.5. The van der Waals surface area contributed by atoms with Crippen molar-refractivity contribution in [2.75, 3.05) is 19.6 Å². The summed E-state index contributed by atoms with van der Waals surface area (Å²) in [5, 5.41) is 22.4. The lowest BCUT2D eigenvalue weighted by Gasteiger charge is -2.29. The maximum Gasteiger partial charge on any atom is 0.159 e. The molecular formula is C128H82N4O4S2. The Morgan fingerprint density at radius 1 is 0.167 bits per heavy atom. The molecule has 22 aromatic carbocycles. The van der Waals surface area contributed by atoms with Crippen molar-refractivity contribution in [2.45, 2.75) is 27.7 Å². The normalized spacial score (nSPS) is 12.1. The lowest BCUT2D eigenvalue weighted by molar-refractivity contribution is 0.668. The van der Waals surface area contributed by atoms with Crippen LogP contribution in [0.4, 0.5) is 68.2 Å². The Balaban J connectivity index is 0.660. The van der Waals surface area contributed by atoms with Crippen molar-refractivity contribution in [3.05, 3.63) is 447 Å². The number of nitrogens with zero attached hydrogens (tertiary/aromatic N) is 4. The number of benzene rings is 22. The minimum atomic E-state index is 0.796. The number of hydrogen-bond donors (Lipinski definition) is 0. The first kappa shape index (κ1) is 79.3. The van der Waals surface area contributed by atoms with Crippen molar-refractivity contribution >= 4 is 262 Å². The molecule has 0 radical (unpaired) electrons. The largest absolute Gasteiger partial charge is 0.454 e. The molecule has 0 saturated heterocycles. The zero-order chi connectivity index (χ0) is 91.2. The van der Waals surface area contributed by atoms with E-state index in [1.807, 2.05) is 22.7 Å². The molecule has 0 amide bonds. The van der Waals surface area contributed by atoms with Crippen LogP contribution in [0.3, 0.4) is 0 Å². The van der Waals surface area contributed by atoms with Crippen molar-refractivity contribution in [1.82, 2.24) is 0 Å². The van der Waals surface area contributed by atoms with Gasteiger partial charge in [0.2, 0.25) is 0 Å². The van der Waals surface area contributed by atoms with Crippen LogP contribution in [0.25, 0.3) is 205 Å². The smallest absolute Gasteiger partial charge is 0.159 e. The van der Waals surface area contributed by atoms with Crippen LogP contribution < -0.4 is 19.6 Å². The van der Waals surface area contributed by atoms with Crippen LogP contribution in [0.1, 0.15) is 22.3 Å². The Morgan fingerprint density at radius 3 is 0.833 bits per heavy atom. The molecule has 0 fully saturated rings. The maximum absolute atomic E-state index is 7.26. The number of fused-ring (bicyclic) bond motifs is 26. The average Bonchev–Trinajstić information content (AvgIpc) is 1.52. The molecule has 0 N–H and O–H groups in total. The van der Waals surface area contributed by atoms with Gasteiger partial charge in [0.05, 0.1) is 56.9 Å². The van der Waals surface area contributed by atoms with Gasteiger partial charge in [-0.25, -0.2) is 0 Å². The SMILES string of the molecule is Cc1ccc(C)c(N(c2cc3sc4cc(N(c5cc(C)ccc5C)c5cccc6c5oc5ccccc56)c5cc(-c6cccc(-c7ccccc7N(c7cc8sc9cc(N(c%10ccccc%10-c%10ccccc%10)c%10cccc%11c%10oc%10ccccc%10%11)c%10ccccc%10c9c8c8ccccc78)c7cccc8c7oc7ccccc78)c6)ccc5c4c3c3ccccc23)c2cccc3c2oc2ccccc23)c1. The quantitative estimate of drug-likeness (QED) is 0.101. The summed E-state index contributed by atoms with van der Waals surface area (Å²) in [6.07, 6.45) is 0. The van der Waals surface area contributed by atoms with Gasteiger partial charge in [-0.3, -0.25) is 0 Å². The van der Waals surface area contributed by atoms with E-state index in [-0.39, 0.29) is 0 Å². The van der Waals surface area contributed by atoms with E-state index in [9.17, 15) is 0 Å². The number of hydrogen-bond acceptors (Lipinski definition) is 10. The van der Waals surface area contributed by atoms with Crippen molar-refractivity contribution in [3.63, 3.8) is 0 Å². The summed E-state index contributed by atoms with van der Waals surface area (Å²) in [6.45, 7) is 8.86. The molecule has 28 aromatic rings. The molecule has 28 rings (SSSR count). The van der Waals surface area contributed by atoms with Crippen molar-refractivity contribution in [3.8, 4) is 33.4 Å². The van der Waals surface area contributed by atoms with E-state index in [0.29, 0.717) is 0 Å². The van der Waals surface area contributed by atoms with Gasteiger partial charge >= 0.3 is 0 Å². The molecule has 0 aliphatic rings. The zero-order valence-corrected chi connectivity index (χ0v) is 77.3. The van der Waals surface area contributed by atoms with E-state index in [1.54, 1.807) is 0 Å². The summed E-state index contributed by atoms with van der Waals surface area (Å²) in [5.41, 5.74) is 29.8. The van der Waals surface area contributed by atoms with Gasteiger partial charge in [-0.15, -0.1) is 22.7 Å². The van der Waals surface area contributed by atoms with Crippen LogP contribution in [0, 0.1) is 27.7 Å². The summed E-state index contributed by atoms with van der Waals surface area (Å²) >= 11 is 3.70. The summed E-state index contributed by atoms with van der Waals surface area (Å²) in [7, 11) is 0. The number of anilines is 12. The molecule has 0 atom stereocenters. The van der Waals surface area contributed by atoms with Gasteiger partial charge in [0.25, 0.3) is 0 Å². The molecule has 6 aromatic heterocycles. The molecule has 0 bridgehead atoms. The highest BCUT2D eigenvalue weighted by atomic mass is 32.1. The summed E-state index contributed by atoms with van der Waals surface area (Å²) in [5.74, 6) is 0. The predicted octanol–water partition coefficient (Wildman–Crippen LogP) is 38.7. The number of para-hydroxylation sites is 10. The van der Waals surface area contributed by atoms with Crippen molar-refractivity contribution in [1.29, 1.82) is 0 Å². The van der Waals surface area contributed by atoms with E-state index < -0.39 is 0 Å². The fraction of sp³-hybridized carbons (Fsp3) is 0.0312. The van der Waals surface area contributed by atoms with E-state index in [2.05, 4.69) is 472 Å². The topological polar surface area (TPSA) is 65.5 Å². The fourth-order valence-electron chi connectivity index (χ4n) is 22.3. The third-order valence-corrected chi connectivity index (χ3v) is 30.7. The van der Waals surface area contributed by atoms with Crippen LogP contribution >= 0.6 is 22.7 Å². The van der Waals surface area contributed by atoms with E-state index in [1.165, 1.54) is 31.8 Å². The second kappa shape index (κ2) is 31.2. The molecule has 0 spiro atoms. The Kier molecular flexibility index (Phi) is 17.9. The Hall–Kier alpha value is -17.3. The summed E-state index contributed by atoms with van der Waals surface area (Å²) in [6, 6.07) is 156. The summed E-state index contributed by atoms with van der Waals surface area (Å²) in [4.78, 5) is 9.92. The molecule has 10 heteroatoms. The lowest BCUT2D eigenvalue weighted by atomic mass is 9.92. The van der Waals surface area contributed by atoms with E-state index in [4.69, 9.17) is 17.7 Å². The molecule has 138 heavy (non-hydrogen) atoms. The third kappa shape index (κ3) is 12.2. The summed E-state index contributed by atoms with van der Waals surface area (Å²) < 4.78 is 33.1. The first-order valence-corrected chi connectivity index (χ1v) is 48.7. The molecule has 0 aliphatic heterocycles. The number of thiophene rings is 2. The molecule has 6 heterocycles. The molecule has 0 saturated carbocycles. The highest BCUT2D eigenvalue weighted by Crippen LogP contribution is 2.59. The van der Waals surface area contributed by atoms with Gasteiger partial charge in [0.1, 0.15) is 22.3 Å². The second-order valence-corrected chi connectivity index (χ2v) is 38.8. The monoisotopic (exact) mass is 1800 g/mol. The zero-order valence-electron chi connectivity index (χ0n) is 75.7. The van der Waals surface area contributed by atoms with Crippen LogP contribution in [-0.4, -0.2) is 0 Å². The molecule has 650 valence electrons. The second-order valence-electron chi connectivity index (χ2n) is 36.6. The lowest BCUT2D eigenvalue weighted by Crippen LogP contribution is -2.12. The predicted molar refractivity (Wildman–Crippen MR) is 585 cm³/mol. The number of furan rings is 4. The first-order chi connectivity index (χ1) is 68.1. The highest BCUT2D eigenvalue weighted by Gasteiger charge is 2.33. The van der Waals surface area contributed by atoms with Gasteiger partial charge in [0, 0.05) is 127 Å². The Bertz CT molecular complexity index is 10000. The van der Waals surface area contributed by atoms with E-state index in [0.717, 1.165) is 263 Å². The number of aryl methyl sites for hydroxylation is 4. The van der Waals surface area contributed by atoms with Crippen LogP contribution in [0.15, 0.2) is 442 Å². The van der Waals surface area contributed by atoms with Crippen LogP contribution in [0.5, 0.6) is 0 Å². The van der Waals surface area contributed by atoms with E-state index >= 15 is 0 Å². The molecule has 0 unspecified atom stereocenters. The van der Waals surface area contributed by atoms with Crippen LogP contribution in [0.2, 0.25) is 0 Å². The van der Waals surface area contributed by atoms with Crippen LogP contribution in [-0.2, 0) is 0 Å². The van der Waals surface area contributed by atoms with Gasteiger partial charge in [-0.2, -0.15) is 0 Å². The standard InChI is InChI=1S/C128H82N4O4S2/c1-75-61-63-77(3)107(67-75)131(105-55-29-49-98-90-42-18-24-59-115(90)135-127(98)105)111-73-119-123(94-46-13-10-39-87(94)111)124-95-66-65-81(70-100(95)112(74-120(124)138-119)132(108-68-76(2)62-64-78(108)4)106-56-30-50-99-91-43-19-25-60-116(91)136-128(99)106)80-33-26-34-82(69-80)84-36-15-21-52-102(84)130(104-54-28-48-97-89-41-17-23-58-114(89)134-126(97)104)110-72-118-122(93-45-12-9-38-86(93)110)121-92-44-11-8-37-85(92)109(71-117(121)137-118)129(101-51-20-14-35-83(101)79-31-6-5-7-32-79)103-53-27-47-96-88-40-16-22-57-113(88)133-125(96)103/h5-74H,1-4H3. The van der Waals surface area contributed by atoms with Gasteiger partial charge in [0.15, 0.2) is 22.3 Å². The first-order valence-electron chi connectivity index (χ1n) is 47.1. The number of rotatable bonds is 15. The minimum absolute atomic E-state index is 0.796.